The van der Waals surface area contributed by atoms with Gasteiger partial charge in [0.1, 0.15) is 11.9 Å². The maximum Gasteiger partial charge on any atom is 0.120 e. The van der Waals surface area contributed by atoms with Crippen LogP contribution in [0.15, 0.2) is 24.3 Å². The standard InChI is InChI=1S/C10H12INO/c11-7-2-1-3-9(4-7)13-10-5-8(12)6-10/h1-4,8,10H,5-6,12H2. The molecule has 0 radical (unpaired) electrons. The zero-order chi connectivity index (χ0) is 9.26. The Morgan fingerprint density at radius 2 is 2.15 bits per heavy atom. The molecule has 2 N–H and O–H groups in total. The van der Waals surface area contributed by atoms with Crippen molar-refractivity contribution in [2.24, 2.45) is 5.73 Å². The Bertz CT molecular complexity index is 297. The van der Waals surface area contributed by atoms with Gasteiger partial charge in [0.15, 0.2) is 0 Å². The highest BCUT2D eigenvalue weighted by Gasteiger charge is 2.27. The molecule has 70 valence electrons. The molecule has 0 aliphatic heterocycles. The summed E-state index contributed by atoms with van der Waals surface area (Å²) in [5.74, 6) is 0.962. The first-order valence-electron chi connectivity index (χ1n) is 4.42. The summed E-state index contributed by atoms with van der Waals surface area (Å²) in [6.07, 6.45) is 2.32. The average molecular weight is 289 g/mol. The number of hydrogen-bond acceptors (Lipinski definition) is 2. The summed E-state index contributed by atoms with van der Waals surface area (Å²) >= 11 is 2.28. The van der Waals surface area contributed by atoms with Crippen LogP contribution in [0.1, 0.15) is 12.8 Å². The van der Waals surface area contributed by atoms with Crippen LogP contribution in [-0.4, -0.2) is 12.1 Å². The van der Waals surface area contributed by atoms with E-state index in [1.165, 1.54) is 3.57 Å². The van der Waals surface area contributed by atoms with Gasteiger partial charge in [-0.3, -0.25) is 0 Å². The maximum atomic E-state index is 5.72. The molecule has 2 rings (SSSR count). The second-order valence-corrected chi connectivity index (χ2v) is 4.67. The molecule has 0 unspecified atom stereocenters. The molecule has 0 bridgehead atoms. The lowest BCUT2D eigenvalue weighted by atomic mass is 9.90. The minimum absolute atomic E-state index is 0.341. The summed E-state index contributed by atoms with van der Waals surface area (Å²) in [5.41, 5.74) is 5.67. The predicted octanol–water partition coefficient (Wildman–Crippen LogP) is 2.16. The van der Waals surface area contributed by atoms with Crippen molar-refractivity contribution in [2.75, 3.05) is 0 Å². The first kappa shape index (κ1) is 9.27. The highest BCUT2D eigenvalue weighted by molar-refractivity contribution is 14.1. The number of nitrogens with two attached hydrogens (primary N) is 1. The SMILES string of the molecule is NC1CC(Oc2cccc(I)c2)C1. The molecule has 13 heavy (non-hydrogen) atoms. The quantitative estimate of drug-likeness (QED) is 0.847. The van der Waals surface area contributed by atoms with E-state index in [1.54, 1.807) is 0 Å². The van der Waals surface area contributed by atoms with E-state index in [4.69, 9.17) is 10.5 Å². The summed E-state index contributed by atoms with van der Waals surface area (Å²) in [4.78, 5) is 0. The molecule has 1 aromatic rings. The smallest absolute Gasteiger partial charge is 0.120 e. The molecule has 1 saturated carbocycles. The molecule has 1 aliphatic carbocycles. The normalized spacial score (nSPS) is 26.6. The van der Waals surface area contributed by atoms with E-state index < -0.39 is 0 Å². The van der Waals surface area contributed by atoms with Gasteiger partial charge in [-0.05, 0) is 53.6 Å². The molecule has 0 saturated heterocycles. The molecular weight excluding hydrogens is 277 g/mol. The van der Waals surface area contributed by atoms with E-state index in [1.807, 2.05) is 18.2 Å². The second-order valence-electron chi connectivity index (χ2n) is 3.43. The van der Waals surface area contributed by atoms with Gasteiger partial charge in [-0.15, -0.1) is 0 Å². The van der Waals surface area contributed by atoms with Crippen molar-refractivity contribution in [1.29, 1.82) is 0 Å². The summed E-state index contributed by atoms with van der Waals surface area (Å²) in [7, 11) is 0. The van der Waals surface area contributed by atoms with Crippen molar-refractivity contribution in [1.82, 2.24) is 0 Å². The lowest BCUT2D eigenvalue weighted by Gasteiger charge is -2.32. The van der Waals surface area contributed by atoms with Gasteiger partial charge in [0.2, 0.25) is 0 Å². The average Bonchev–Trinajstić information content (AvgIpc) is 2.01. The van der Waals surface area contributed by atoms with Crippen LogP contribution in [0, 0.1) is 3.57 Å². The minimum Gasteiger partial charge on any atom is -0.490 e. The van der Waals surface area contributed by atoms with E-state index in [9.17, 15) is 0 Å². The van der Waals surface area contributed by atoms with Crippen molar-refractivity contribution >= 4 is 22.6 Å². The van der Waals surface area contributed by atoms with Crippen LogP contribution in [0.25, 0.3) is 0 Å². The number of halogens is 1. The van der Waals surface area contributed by atoms with Gasteiger partial charge >= 0.3 is 0 Å². The maximum absolute atomic E-state index is 5.72. The molecule has 3 heteroatoms. The second kappa shape index (κ2) is 3.84. The lowest BCUT2D eigenvalue weighted by molar-refractivity contribution is 0.101. The molecular formula is C10H12INO. The molecule has 0 aromatic heterocycles. The van der Waals surface area contributed by atoms with Crippen molar-refractivity contribution in [3.8, 4) is 5.75 Å². The number of rotatable bonds is 2. The third-order valence-electron chi connectivity index (χ3n) is 2.23. The molecule has 0 spiro atoms. The fourth-order valence-electron chi connectivity index (χ4n) is 1.44. The molecule has 0 amide bonds. The van der Waals surface area contributed by atoms with Gasteiger partial charge in [-0.2, -0.15) is 0 Å². The van der Waals surface area contributed by atoms with E-state index in [2.05, 4.69) is 28.7 Å². The number of ether oxygens (including phenoxy) is 1. The Morgan fingerprint density at radius 1 is 1.38 bits per heavy atom. The zero-order valence-corrected chi connectivity index (χ0v) is 9.40. The van der Waals surface area contributed by atoms with Gasteiger partial charge in [0.05, 0.1) is 0 Å². The number of hydrogen-bond donors (Lipinski definition) is 1. The van der Waals surface area contributed by atoms with Crippen LogP contribution >= 0.6 is 22.6 Å². The lowest BCUT2D eigenvalue weighted by Crippen LogP contribution is -2.43. The monoisotopic (exact) mass is 289 g/mol. The minimum atomic E-state index is 0.341. The van der Waals surface area contributed by atoms with Crippen LogP contribution in [0.3, 0.4) is 0 Å². The summed E-state index contributed by atoms with van der Waals surface area (Å²) < 4.78 is 6.92. The van der Waals surface area contributed by atoms with Crippen molar-refractivity contribution < 1.29 is 4.74 Å². The van der Waals surface area contributed by atoms with Crippen LogP contribution in [0.5, 0.6) is 5.75 Å². The molecule has 0 atom stereocenters. The summed E-state index contributed by atoms with van der Waals surface area (Å²) in [6, 6.07) is 8.46. The van der Waals surface area contributed by atoms with E-state index in [-0.39, 0.29) is 0 Å². The Kier molecular flexibility index (Phi) is 2.74. The van der Waals surface area contributed by atoms with E-state index in [0.717, 1.165) is 18.6 Å². The first-order chi connectivity index (χ1) is 6.24. The van der Waals surface area contributed by atoms with Crippen molar-refractivity contribution in [3.63, 3.8) is 0 Å². The number of benzene rings is 1. The van der Waals surface area contributed by atoms with Gasteiger partial charge in [0, 0.05) is 9.61 Å². The van der Waals surface area contributed by atoms with Crippen molar-refractivity contribution in [3.05, 3.63) is 27.8 Å². The van der Waals surface area contributed by atoms with Gasteiger partial charge < -0.3 is 10.5 Å². The Labute approximate surface area is 91.6 Å². The molecule has 1 aliphatic rings. The van der Waals surface area contributed by atoms with Crippen LogP contribution < -0.4 is 10.5 Å². The van der Waals surface area contributed by atoms with Gasteiger partial charge in [-0.1, -0.05) is 6.07 Å². The van der Waals surface area contributed by atoms with E-state index in [0.29, 0.717) is 12.1 Å². The highest BCUT2D eigenvalue weighted by atomic mass is 127. The fraction of sp³-hybridized carbons (Fsp3) is 0.400. The van der Waals surface area contributed by atoms with Crippen LogP contribution in [-0.2, 0) is 0 Å². The Hall–Kier alpha value is -0.290. The molecule has 0 heterocycles. The summed E-state index contributed by atoms with van der Waals surface area (Å²) in [6.45, 7) is 0. The predicted molar refractivity (Wildman–Crippen MR) is 60.8 cm³/mol. The Balaban J connectivity index is 1.94. The van der Waals surface area contributed by atoms with Crippen LogP contribution in [0.4, 0.5) is 0 Å². The Morgan fingerprint density at radius 3 is 2.77 bits per heavy atom. The van der Waals surface area contributed by atoms with Crippen molar-refractivity contribution in [2.45, 2.75) is 25.0 Å². The molecule has 1 aromatic carbocycles. The first-order valence-corrected chi connectivity index (χ1v) is 5.50. The topological polar surface area (TPSA) is 35.2 Å². The van der Waals surface area contributed by atoms with Gasteiger partial charge in [-0.25, -0.2) is 0 Å². The van der Waals surface area contributed by atoms with E-state index >= 15 is 0 Å². The third kappa shape index (κ3) is 2.34. The van der Waals surface area contributed by atoms with Crippen LogP contribution in [0.2, 0.25) is 0 Å². The van der Waals surface area contributed by atoms with Gasteiger partial charge in [0.25, 0.3) is 0 Å². The fourth-order valence-corrected chi connectivity index (χ4v) is 1.95. The zero-order valence-electron chi connectivity index (χ0n) is 7.24. The largest absolute Gasteiger partial charge is 0.490 e. The highest BCUT2D eigenvalue weighted by Crippen LogP contribution is 2.25. The summed E-state index contributed by atoms with van der Waals surface area (Å²) in [5, 5.41) is 0. The third-order valence-corrected chi connectivity index (χ3v) is 2.90. The molecule has 2 nitrogen and oxygen atoms in total. The molecule has 1 fully saturated rings.